The van der Waals surface area contributed by atoms with Gasteiger partial charge in [0.15, 0.2) is 18.4 Å². The van der Waals surface area contributed by atoms with Crippen LogP contribution in [0.1, 0.15) is 6.92 Å². The Labute approximate surface area is 139 Å². The van der Waals surface area contributed by atoms with Crippen LogP contribution in [-0.2, 0) is 4.74 Å². The number of ether oxygens (including phenoxy) is 2. The van der Waals surface area contributed by atoms with Crippen molar-refractivity contribution in [2.24, 2.45) is 0 Å². The van der Waals surface area contributed by atoms with Crippen LogP contribution >= 0.6 is 0 Å². The number of benzene rings is 1. The van der Waals surface area contributed by atoms with Gasteiger partial charge in [0.2, 0.25) is 0 Å². The summed E-state index contributed by atoms with van der Waals surface area (Å²) in [5.41, 5.74) is -0.895. The fourth-order valence-corrected chi connectivity index (χ4v) is 1.02. The first-order valence-corrected chi connectivity index (χ1v) is 4.65. The van der Waals surface area contributed by atoms with Crippen LogP contribution in [0.5, 0.6) is 5.75 Å². The van der Waals surface area contributed by atoms with Gasteiger partial charge < -0.3 is 22.4 Å². The van der Waals surface area contributed by atoms with Crippen LogP contribution in [0, 0.1) is 5.82 Å². The maximum absolute atomic E-state index is 13.0. The summed E-state index contributed by atoms with van der Waals surface area (Å²) in [5.74, 6) is -1.30. The third kappa shape index (κ3) is 5.71. The topological polar surface area (TPSA) is 18.5 Å². The molecule has 0 aliphatic carbocycles. The molecule has 0 N–H and O–H groups in total. The number of rotatable bonds is 5. The van der Waals surface area contributed by atoms with E-state index in [0.717, 1.165) is 6.07 Å². The Morgan fingerprint density at radius 1 is 1.24 bits per heavy atom. The maximum atomic E-state index is 13.0. The van der Waals surface area contributed by atoms with E-state index in [1.807, 2.05) is 0 Å². The van der Waals surface area contributed by atoms with Gasteiger partial charge in [-0.2, -0.15) is 0 Å². The summed E-state index contributed by atoms with van der Waals surface area (Å²) in [5, 5.41) is 0. The molecule has 1 aromatic carbocycles. The van der Waals surface area contributed by atoms with Gasteiger partial charge in [-0.25, -0.2) is 4.39 Å². The van der Waals surface area contributed by atoms with Crippen molar-refractivity contribution in [3.63, 3.8) is 0 Å². The molecular weight excluding hydrogens is 266 g/mol. The first-order chi connectivity index (χ1) is 7.45. The standard InChI is InChI=1S/C9H10BF4O2.K/c1-2-15-6-16-9-5-7(10(12,13)14)3-4-8(9)11;/h3-5H,2,6H2,1H3;/q-1;+1. The van der Waals surface area contributed by atoms with Gasteiger partial charge in [-0.15, -0.1) is 5.46 Å². The zero-order chi connectivity index (χ0) is 12.2. The second kappa shape index (κ2) is 7.75. The van der Waals surface area contributed by atoms with E-state index in [4.69, 9.17) is 9.47 Å². The zero-order valence-corrected chi connectivity index (χ0v) is 12.7. The van der Waals surface area contributed by atoms with Crippen LogP contribution in [0.25, 0.3) is 0 Å². The number of hydrogen-bond donors (Lipinski definition) is 0. The molecule has 0 aliphatic rings. The predicted octanol–water partition coefficient (Wildman–Crippen LogP) is -0.743. The molecule has 2 nitrogen and oxygen atoms in total. The van der Waals surface area contributed by atoms with E-state index in [-0.39, 0.29) is 58.2 Å². The average molecular weight is 276 g/mol. The molecule has 0 atom stereocenters. The predicted molar refractivity (Wildman–Crippen MR) is 52.2 cm³/mol. The zero-order valence-electron chi connectivity index (χ0n) is 9.55. The minimum atomic E-state index is -5.15. The Balaban J connectivity index is 0.00000256. The van der Waals surface area contributed by atoms with E-state index in [1.165, 1.54) is 0 Å². The summed E-state index contributed by atoms with van der Waals surface area (Å²) < 4.78 is 59.5. The monoisotopic (exact) mass is 276 g/mol. The van der Waals surface area contributed by atoms with E-state index in [9.17, 15) is 17.3 Å². The van der Waals surface area contributed by atoms with Crippen LogP contribution in [0.3, 0.4) is 0 Å². The van der Waals surface area contributed by atoms with Crippen molar-refractivity contribution in [3.8, 4) is 5.75 Å². The van der Waals surface area contributed by atoms with Crippen molar-refractivity contribution in [2.75, 3.05) is 13.4 Å². The van der Waals surface area contributed by atoms with E-state index in [2.05, 4.69) is 0 Å². The second-order valence-electron chi connectivity index (χ2n) is 3.02. The van der Waals surface area contributed by atoms with E-state index in [1.54, 1.807) is 6.92 Å². The number of hydrogen-bond acceptors (Lipinski definition) is 2. The largest absolute Gasteiger partial charge is 1.00 e. The Hall–Kier alpha value is 0.401. The first-order valence-electron chi connectivity index (χ1n) is 4.65. The molecule has 0 saturated carbocycles. The Bertz CT molecular complexity index is 359. The van der Waals surface area contributed by atoms with Gasteiger partial charge in [0.25, 0.3) is 0 Å². The molecule has 0 spiro atoms. The van der Waals surface area contributed by atoms with Gasteiger partial charge >= 0.3 is 58.4 Å². The molecule has 17 heavy (non-hydrogen) atoms. The summed E-state index contributed by atoms with van der Waals surface area (Å²) in [7, 11) is 0. The minimum absolute atomic E-state index is 0. The smallest absolute Gasteiger partial charge is 0.465 e. The van der Waals surface area contributed by atoms with Crippen LogP contribution in [-0.4, -0.2) is 20.4 Å². The van der Waals surface area contributed by atoms with E-state index < -0.39 is 24.0 Å². The van der Waals surface area contributed by atoms with Crippen LogP contribution < -0.4 is 61.6 Å². The molecule has 0 heterocycles. The van der Waals surface area contributed by atoms with Gasteiger partial charge in [-0.3, -0.25) is 0 Å². The molecule has 0 fully saturated rings. The molecule has 1 rings (SSSR count). The molecule has 0 bridgehead atoms. The molecule has 0 saturated heterocycles. The number of halogens is 4. The Kier molecular flexibility index (Phi) is 7.94. The van der Waals surface area contributed by atoms with Crippen LogP contribution in [0.2, 0.25) is 0 Å². The Morgan fingerprint density at radius 2 is 1.88 bits per heavy atom. The summed E-state index contributed by atoms with van der Waals surface area (Å²) in [6.45, 7) is -3.40. The van der Waals surface area contributed by atoms with Crippen LogP contribution in [0.15, 0.2) is 18.2 Å². The molecular formula is C9H10BF4KO2. The van der Waals surface area contributed by atoms with Crippen molar-refractivity contribution in [3.05, 3.63) is 24.0 Å². The summed E-state index contributed by atoms with van der Waals surface area (Å²) in [6, 6.07) is 2.04. The van der Waals surface area contributed by atoms with Gasteiger partial charge in [-0.05, 0) is 19.1 Å². The van der Waals surface area contributed by atoms with Crippen molar-refractivity contribution in [1.29, 1.82) is 0 Å². The molecule has 8 heteroatoms. The van der Waals surface area contributed by atoms with Gasteiger partial charge in [0.1, 0.15) is 0 Å². The van der Waals surface area contributed by atoms with Gasteiger partial charge in [0, 0.05) is 6.61 Å². The summed E-state index contributed by atoms with van der Waals surface area (Å²) >= 11 is 0. The van der Waals surface area contributed by atoms with E-state index in [0.29, 0.717) is 18.7 Å². The normalized spacial score (nSPS) is 10.9. The van der Waals surface area contributed by atoms with Crippen molar-refractivity contribution < 1.29 is 78.2 Å². The van der Waals surface area contributed by atoms with Gasteiger partial charge in [0.05, 0.1) is 0 Å². The van der Waals surface area contributed by atoms with E-state index >= 15 is 0 Å². The first kappa shape index (κ1) is 17.4. The molecule has 90 valence electrons. The molecule has 0 radical (unpaired) electrons. The van der Waals surface area contributed by atoms with Crippen molar-refractivity contribution >= 4 is 12.4 Å². The third-order valence-electron chi connectivity index (χ3n) is 1.84. The Morgan fingerprint density at radius 3 is 2.41 bits per heavy atom. The van der Waals surface area contributed by atoms with Crippen LogP contribution in [0.4, 0.5) is 17.3 Å². The molecule has 0 unspecified atom stereocenters. The third-order valence-corrected chi connectivity index (χ3v) is 1.84. The SMILES string of the molecule is CCOCOc1cc([B-](F)(F)F)ccc1F.[K+]. The molecule has 0 aliphatic heterocycles. The molecule has 0 amide bonds. The second-order valence-corrected chi connectivity index (χ2v) is 3.02. The molecule has 1 aromatic rings. The average Bonchev–Trinajstić information content (AvgIpc) is 2.19. The summed E-state index contributed by atoms with van der Waals surface area (Å²) in [6.07, 6.45) is 0. The summed E-state index contributed by atoms with van der Waals surface area (Å²) in [4.78, 5) is 0. The van der Waals surface area contributed by atoms with Crippen molar-refractivity contribution in [1.82, 2.24) is 0 Å². The van der Waals surface area contributed by atoms with Crippen molar-refractivity contribution in [2.45, 2.75) is 6.92 Å². The fraction of sp³-hybridized carbons (Fsp3) is 0.333. The molecule has 0 aromatic heterocycles. The van der Waals surface area contributed by atoms with Gasteiger partial charge in [-0.1, -0.05) is 6.07 Å². The fourth-order valence-electron chi connectivity index (χ4n) is 1.02. The maximum Gasteiger partial charge on any atom is 1.00 e. The minimum Gasteiger partial charge on any atom is -0.465 e. The quantitative estimate of drug-likeness (QED) is 0.305.